The van der Waals surface area contributed by atoms with Crippen molar-refractivity contribution < 1.29 is 4.79 Å². The van der Waals surface area contributed by atoms with Gasteiger partial charge in [-0.1, -0.05) is 45.0 Å². The average Bonchev–Trinajstić information content (AvgIpc) is 2.79. The number of hydrogen-bond acceptors (Lipinski definition) is 2. The minimum atomic E-state index is -0.136. The van der Waals surface area contributed by atoms with E-state index in [-0.39, 0.29) is 17.4 Å². The van der Waals surface area contributed by atoms with Crippen molar-refractivity contribution in [3.63, 3.8) is 0 Å². The largest absolute Gasteiger partial charge is 0.348 e. The Morgan fingerprint density at radius 2 is 1.77 bits per heavy atom. The van der Waals surface area contributed by atoms with Gasteiger partial charge in [-0.3, -0.25) is 9.48 Å². The molecule has 0 fully saturated rings. The molecule has 0 radical (unpaired) electrons. The average molecular weight is 299 g/mol. The van der Waals surface area contributed by atoms with E-state index in [9.17, 15) is 4.79 Å². The fourth-order valence-electron chi connectivity index (χ4n) is 2.33. The molecule has 0 bridgehead atoms. The van der Waals surface area contributed by atoms with Gasteiger partial charge in [0.15, 0.2) is 5.69 Å². The number of amides is 1. The molecule has 0 spiro atoms. The summed E-state index contributed by atoms with van der Waals surface area (Å²) in [5.41, 5.74) is 3.87. The molecule has 1 N–H and O–H groups in total. The van der Waals surface area contributed by atoms with Crippen molar-refractivity contribution >= 4 is 5.91 Å². The molecule has 22 heavy (non-hydrogen) atoms. The molecule has 1 aromatic heterocycles. The van der Waals surface area contributed by atoms with Crippen molar-refractivity contribution in [3.8, 4) is 11.3 Å². The molecule has 1 heterocycles. The monoisotopic (exact) mass is 299 g/mol. The Bertz CT molecular complexity index is 661. The van der Waals surface area contributed by atoms with Gasteiger partial charge in [0, 0.05) is 13.1 Å². The standard InChI is InChI=1S/C18H25N3O/c1-12(2)19-17(22)15-11-16(21(6)20-15)13-7-9-14(10-8-13)18(3,4)5/h7-12H,1-6H3,(H,19,22). The minimum absolute atomic E-state index is 0.101. The van der Waals surface area contributed by atoms with E-state index in [1.54, 1.807) is 4.68 Å². The van der Waals surface area contributed by atoms with Gasteiger partial charge in [-0.25, -0.2) is 0 Å². The summed E-state index contributed by atoms with van der Waals surface area (Å²) in [4.78, 5) is 12.1. The first-order chi connectivity index (χ1) is 10.2. The van der Waals surface area contributed by atoms with E-state index in [1.165, 1.54) is 5.56 Å². The molecular weight excluding hydrogens is 274 g/mol. The molecular formula is C18H25N3O. The lowest BCUT2D eigenvalue weighted by atomic mass is 9.86. The van der Waals surface area contributed by atoms with Crippen LogP contribution in [0, 0.1) is 0 Å². The van der Waals surface area contributed by atoms with Crippen molar-refractivity contribution in [2.24, 2.45) is 7.05 Å². The van der Waals surface area contributed by atoms with Crippen molar-refractivity contribution in [3.05, 3.63) is 41.6 Å². The molecule has 118 valence electrons. The number of benzene rings is 1. The highest BCUT2D eigenvalue weighted by Gasteiger charge is 2.16. The Kier molecular flexibility index (Phi) is 4.40. The first kappa shape index (κ1) is 16.3. The SMILES string of the molecule is CC(C)NC(=O)c1cc(-c2ccc(C(C)(C)C)cc2)n(C)n1. The van der Waals surface area contributed by atoms with Crippen LogP contribution >= 0.6 is 0 Å². The summed E-state index contributed by atoms with van der Waals surface area (Å²) in [6.45, 7) is 10.5. The molecule has 4 nitrogen and oxygen atoms in total. The molecule has 1 aromatic carbocycles. The summed E-state index contributed by atoms with van der Waals surface area (Å²) < 4.78 is 1.75. The van der Waals surface area contributed by atoms with Crippen LogP contribution in [-0.4, -0.2) is 21.7 Å². The van der Waals surface area contributed by atoms with E-state index in [4.69, 9.17) is 0 Å². The normalized spacial score (nSPS) is 11.8. The third-order valence-corrected chi connectivity index (χ3v) is 3.58. The maximum absolute atomic E-state index is 12.1. The summed E-state index contributed by atoms with van der Waals surface area (Å²) in [5.74, 6) is -0.136. The fourth-order valence-corrected chi connectivity index (χ4v) is 2.33. The molecule has 0 aliphatic carbocycles. The number of aryl methyl sites for hydroxylation is 1. The second kappa shape index (κ2) is 5.95. The van der Waals surface area contributed by atoms with E-state index in [0.29, 0.717) is 5.69 Å². The van der Waals surface area contributed by atoms with Crippen molar-refractivity contribution in [2.45, 2.75) is 46.1 Å². The zero-order valence-electron chi connectivity index (χ0n) is 14.3. The highest BCUT2D eigenvalue weighted by molar-refractivity contribution is 5.93. The molecule has 4 heteroatoms. The minimum Gasteiger partial charge on any atom is -0.348 e. The summed E-state index contributed by atoms with van der Waals surface area (Å²) >= 11 is 0. The highest BCUT2D eigenvalue weighted by Crippen LogP contribution is 2.26. The quantitative estimate of drug-likeness (QED) is 0.942. The third kappa shape index (κ3) is 3.56. The van der Waals surface area contributed by atoms with Crippen LogP contribution in [-0.2, 0) is 12.5 Å². The van der Waals surface area contributed by atoms with Gasteiger partial charge in [0.2, 0.25) is 0 Å². The number of nitrogens with zero attached hydrogens (tertiary/aromatic N) is 2. The van der Waals surface area contributed by atoms with Crippen LogP contribution in [0.25, 0.3) is 11.3 Å². The van der Waals surface area contributed by atoms with E-state index in [2.05, 4.69) is 55.5 Å². The van der Waals surface area contributed by atoms with Gasteiger partial charge in [-0.05, 0) is 36.5 Å². The Hall–Kier alpha value is -2.10. The van der Waals surface area contributed by atoms with E-state index in [0.717, 1.165) is 11.3 Å². The lowest BCUT2D eigenvalue weighted by Gasteiger charge is -2.19. The van der Waals surface area contributed by atoms with Gasteiger partial charge in [0.1, 0.15) is 0 Å². The Labute approximate surface area is 132 Å². The van der Waals surface area contributed by atoms with Gasteiger partial charge in [-0.2, -0.15) is 5.10 Å². The van der Waals surface area contributed by atoms with Crippen molar-refractivity contribution in [1.29, 1.82) is 0 Å². The van der Waals surface area contributed by atoms with Gasteiger partial charge in [-0.15, -0.1) is 0 Å². The highest BCUT2D eigenvalue weighted by atomic mass is 16.2. The summed E-state index contributed by atoms with van der Waals surface area (Å²) in [6.07, 6.45) is 0. The molecule has 0 unspecified atom stereocenters. The van der Waals surface area contributed by atoms with Crippen LogP contribution in [0.5, 0.6) is 0 Å². The molecule has 0 aliphatic rings. The summed E-state index contributed by atoms with van der Waals surface area (Å²) in [6, 6.07) is 10.4. The summed E-state index contributed by atoms with van der Waals surface area (Å²) in [7, 11) is 1.86. The predicted octanol–water partition coefficient (Wildman–Crippen LogP) is 3.52. The molecule has 2 rings (SSSR count). The Balaban J connectivity index is 2.30. The van der Waals surface area contributed by atoms with Gasteiger partial charge < -0.3 is 5.32 Å². The van der Waals surface area contributed by atoms with Gasteiger partial charge >= 0.3 is 0 Å². The number of nitrogens with one attached hydrogen (secondary N) is 1. The molecule has 2 aromatic rings. The fraction of sp³-hybridized carbons (Fsp3) is 0.444. The van der Waals surface area contributed by atoms with Crippen molar-refractivity contribution in [1.82, 2.24) is 15.1 Å². The van der Waals surface area contributed by atoms with Crippen LogP contribution in [0.4, 0.5) is 0 Å². The zero-order chi connectivity index (χ0) is 16.5. The first-order valence-electron chi connectivity index (χ1n) is 7.64. The smallest absolute Gasteiger partial charge is 0.271 e. The number of carbonyl (C=O) groups excluding carboxylic acids is 1. The number of hydrogen-bond donors (Lipinski definition) is 1. The van der Waals surface area contributed by atoms with E-state index in [1.807, 2.05) is 27.0 Å². The van der Waals surface area contributed by atoms with Gasteiger partial charge in [0.05, 0.1) is 5.69 Å². The van der Waals surface area contributed by atoms with Crippen LogP contribution in [0.2, 0.25) is 0 Å². The second-order valence-corrected chi connectivity index (χ2v) is 6.99. The van der Waals surface area contributed by atoms with Gasteiger partial charge in [0.25, 0.3) is 5.91 Å². The van der Waals surface area contributed by atoms with Crippen LogP contribution in [0.15, 0.2) is 30.3 Å². The first-order valence-corrected chi connectivity index (χ1v) is 7.64. The summed E-state index contributed by atoms with van der Waals surface area (Å²) in [5, 5.41) is 7.18. The molecule has 1 amide bonds. The topological polar surface area (TPSA) is 46.9 Å². The Morgan fingerprint density at radius 3 is 2.27 bits per heavy atom. The number of rotatable bonds is 3. The molecule has 0 saturated carbocycles. The zero-order valence-corrected chi connectivity index (χ0v) is 14.3. The maximum Gasteiger partial charge on any atom is 0.271 e. The molecule has 0 saturated heterocycles. The Morgan fingerprint density at radius 1 is 1.18 bits per heavy atom. The second-order valence-electron chi connectivity index (χ2n) is 6.99. The van der Waals surface area contributed by atoms with Crippen LogP contribution in [0.3, 0.4) is 0 Å². The van der Waals surface area contributed by atoms with Crippen molar-refractivity contribution in [2.75, 3.05) is 0 Å². The van der Waals surface area contributed by atoms with Crippen LogP contribution in [0.1, 0.15) is 50.7 Å². The number of aromatic nitrogens is 2. The maximum atomic E-state index is 12.1. The van der Waals surface area contributed by atoms with E-state index >= 15 is 0 Å². The third-order valence-electron chi connectivity index (χ3n) is 3.58. The predicted molar refractivity (Wildman–Crippen MR) is 89.9 cm³/mol. The lowest BCUT2D eigenvalue weighted by molar-refractivity contribution is 0.0937. The molecule has 0 aliphatic heterocycles. The van der Waals surface area contributed by atoms with E-state index < -0.39 is 0 Å². The number of carbonyl (C=O) groups is 1. The van der Waals surface area contributed by atoms with Crippen LogP contribution < -0.4 is 5.32 Å². The lowest BCUT2D eigenvalue weighted by Crippen LogP contribution is -2.30. The molecule has 0 atom stereocenters.